The zero-order valence-electron chi connectivity index (χ0n) is 12.0. The van der Waals surface area contributed by atoms with Gasteiger partial charge < -0.3 is 15.0 Å². The number of nitrogens with zero attached hydrogens (tertiary/aromatic N) is 1. The molecule has 0 spiro atoms. The average molecular weight is 298 g/mol. The van der Waals surface area contributed by atoms with Gasteiger partial charge in [0.25, 0.3) is 6.43 Å². The van der Waals surface area contributed by atoms with Crippen LogP contribution in [0.4, 0.5) is 14.5 Å². The molecular weight excluding hydrogens is 278 g/mol. The van der Waals surface area contributed by atoms with Gasteiger partial charge in [0.15, 0.2) is 0 Å². The van der Waals surface area contributed by atoms with Crippen LogP contribution in [0.25, 0.3) is 0 Å². The highest BCUT2D eigenvalue weighted by Gasteiger charge is 2.27. The monoisotopic (exact) mass is 298 g/mol. The number of amides is 1. The molecule has 0 saturated heterocycles. The maximum absolute atomic E-state index is 12.2. The summed E-state index contributed by atoms with van der Waals surface area (Å²) in [6.45, 7) is 0.0270. The lowest BCUT2D eigenvalue weighted by Gasteiger charge is -2.34. The van der Waals surface area contributed by atoms with Gasteiger partial charge in [-0.05, 0) is 25.1 Å². The Labute approximate surface area is 123 Å². The van der Waals surface area contributed by atoms with Crippen LogP contribution in [0.5, 0.6) is 0 Å². The zero-order chi connectivity index (χ0) is 15.2. The summed E-state index contributed by atoms with van der Waals surface area (Å²) in [5.74, 6) is -0.0914. The third-order valence-electron chi connectivity index (χ3n) is 3.60. The number of benzene rings is 1. The van der Waals surface area contributed by atoms with Gasteiger partial charge in [0, 0.05) is 18.3 Å². The molecule has 0 saturated carbocycles. The van der Waals surface area contributed by atoms with Gasteiger partial charge in [0.2, 0.25) is 5.91 Å². The minimum atomic E-state index is -2.49. The van der Waals surface area contributed by atoms with Gasteiger partial charge in [-0.25, -0.2) is 8.78 Å². The first-order valence-corrected chi connectivity index (χ1v) is 7.06. The largest absolute Gasteiger partial charge is 0.375 e. The molecular formula is C15H20F2N2O2. The lowest BCUT2D eigenvalue weighted by atomic mass is 9.96. The quantitative estimate of drug-likeness (QED) is 0.820. The third kappa shape index (κ3) is 3.98. The molecule has 0 bridgehead atoms. The predicted molar refractivity (Wildman–Crippen MR) is 76.7 cm³/mol. The molecule has 0 fully saturated rings. The molecule has 1 aliphatic heterocycles. The number of hydrogen-bond acceptors (Lipinski definition) is 3. The van der Waals surface area contributed by atoms with Gasteiger partial charge in [-0.1, -0.05) is 18.2 Å². The van der Waals surface area contributed by atoms with Crippen LogP contribution >= 0.6 is 0 Å². The number of carbonyl (C=O) groups is 1. The highest BCUT2D eigenvalue weighted by molar-refractivity contribution is 5.94. The summed E-state index contributed by atoms with van der Waals surface area (Å²) in [7, 11) is 1.90. The number of hydrogen-bond donors (Lipinski definition) is 1. The summed E-state index contributed by atoms with van der Waals surface area (Å²) in [5.41, 5.74) is 1.98. The first-order chi connectivity index (χ1) is 10.1. The Morgan fingerprint density at radius 2 is 2.24 bits per heavy atom. The highest BCUT2D eigenvalue weighted by atomic mass is 19.3. The number of rotatable bonds is 6. The van der Waals surface area contributed by atoms with E-state index in [4.69, 9.17) is 4.74 Å². The van der Waals surface area contributed by atoms with E-state index in [0.29, 0.717) is 6.54 Å². The SMILES string of the molecule is CNC1CCN(C(=O)CCOCC(F)F)c2ccccc21. The zero-order valence-corrected chi connectivity index (χ0v) is 12.0. The van der Waals surface area contributed by atoms with Crippen molar-refractivity contribution in [2.24, 2.45) is 0 Å². The van der Waals surface area contributed by atoms with Crippen molar-refractivity contribution < 1.29 is 18.3 Å². The number of fused-ring (bicyclic) bond motifs is 1. The molecule has 4 nitrogen and oxygen atoms in total. The second-order valence-corrected chi connectivity index (χ2v) is 4.95. The third-order valence-corrected chi connectivity index (χ3v) is 3.60. The Kier molecular flexibility index (Phi) is 5.64. The highest BCUT2D eigenvalue weighted by Crippen LogP contribution is 2.33. The second kappa shape index (κ2) is 7.47. The Morgan fingerprint density at radius 1 is 1.48 bits per heavy atom. The van der Waals surface area contributed by atoms with Crippen molar-refractivity contribution in [2.45, 2.75) is 25.3 Å². The number of nitrogens with one attached hydrogen (secondary N) is 1. The van der Waals surface area contributed by atoms with Crippen molar-refractivity contribution in [3.63, 3.8) is 0 Å². The number of carbonyl (C=O) groups excluding carboxylic acids is 1. The molecule has 1 atom stereocenters. The summed E-state index contributed by atoms with van der Waals surface area (Å²) >= 11 is 0. The maximum Gasteiger partial charge on any atom is 0.261 e. The van der Waals surface area contributed by atoms with Crippen LogP contribution in [-0.4, -0.2) is 39.1 Å². The van der Waals surface area contributed by atoms with Gasteiger partial charge in [-0.3, -0.25) is 4.79 Å². The molecule has 2 rings (SSSR count). The fraction of sp³-hybridized carbons (Fsp3) is 0.533. The molecule has 0 radical (unpaired) electrons. The average Bonchev–Trinajstić information content (AvgIpc) is 2.50. The van der Waals surface area contributed by atoms with E-state index in [1.165, 1.54) is 0 Å². The molecule has 1 aromatic carbocycles. The van der Waals surface area contributed by atoms with Gasteiger partial charge in [-0.15, -0.1) is 0 Å². The summed E-state index contributed by atoms with van der Waals surface area (Å²) < 4.78 is 28.7. The van der Waals surface area contributed by atoms with Crippen LogP contribution in [0.1, 0.15) is 24.4 Å². The van der Waals surface area contributed by atoms with Crippen molar-refractivity contribution in [3.8, 4) is 0 Å². The smallest absolute Gasteiger partial charge is 0.261 e. The first-order valence-electron chi connectivity index (χ1n) is 7.06. The number of para-hydroxylation sites is 1. The standard InChI is InChI=1S/C15H20F2N2O2/c1-18-12-6-8-19(13-5-3-2-4-11(12)13)15(20)7-9-21-10-14(16)17/h2-5,12,14,18H,6-10H2,1H3. The molecule has 0 aromatic heterocycles. The number of halogens is 2. The van der Waals surface area contributed by atoms with E-state index >= 15 is 0 Å². The van der Waals surface area contributed by atoms with Gasteiger partial charge in [0.05, 0.1) is 13.0 Å². The van der Waals surface area contributed by atoms with Crippen molar-refractivity contribution >= 4 is 11.6 Å². The maximum atomic E-state index is 12.2. The van der Waals surface area contributed by atoms with Crippen LogP contribution < -0.4 is 10.2 Å². The Morgan fingerprint density at radius 3 is 2.95 bits per heavy atom. The molecule has 1 amide bonds. The van der Waals surface area contributed by atoms with Crippen LogP contribution in [-0.2, 0) is 9.53 Å². The topological polar surface area (TPSA) is 41.6 Å². The van der Waals surface area contributed by atoms with Crippen molar-refractivity contribution in [1.82, 2.24) is 5.32 Å². The van der Waals surface area contributed by atoms with E-state index in [9.17, 15) is 13.6 Å². The molecule has 1 unspecified atom stereocenters. The van der Waals surface area contributed by atoms with Crippen LogP contribution in [0, 0.1) is 0 Å². The molecule has 1 heterocycles. The minimum absolute atomic E-state index is 0.0251. The minimum Gasteiger partial charge on any atom is -0.375 e. The Hall–Kier alpha value is -1.53. The van der Waals surface area contributed by atoms with Gasteiger partial charge in [0.1, 0.15) is 6.61 Å². The molecule has 1 N–H and O–H groups in total. The Bertz CT molecular complexity index is 482. The molecule has 6 heteroatoms. The number of anilines is 1. The van der Waals surface area contributed by atoms with Gasteiger partial charge >= 0.3 is 0 Å². The summed E-state index contributed by atoms with van der Waals surface area (Å²) in [4.78, 5) is 14.0. The van der Waals surface area contributed by atoms with E-state index < -0.39 is 13.0 Å². The van der Waals surface area contributed by atoms with E-state index in [1.807, 2.05) is 31.3 Å². The molecule has 21 heavy (non-hydrogen) atoms. The lowest BCUT2D eigenvalue weighted by molar-refractivity contribution is -0.120. The van der Waals surface area contributed by atoms with E-state index in [-0.39, 0.29) is 25.0 Å². The predicted octanol–water partition coefficient (Wildman–Crippen LogP) is 2.36. The van der Waals surface area contributed by atoms with Crippen molar-refractivity contribution in [1.29, 1.82) is 0 Å². The number of alkyl halides is 2. The lowest BCUT2D eigenvalue weighted by Crippen LogP contribution is -2.39. The van der Waals surface area contributed by atoms with Crippen LogP contribution in [0.15, 0.2) is 24.3 Å². The van der Waals surface area contributed by atoms with E-state index in [0.717, 1.165) is 17.7 Å². The summed E-state index contributed by atoms with van der Waals surface area (Å²) in [5, 5.41) is 3.24. The van der Waals surface area contributed by atoms with Crippen LogP contribution in [0.2, 0.25) is 0 Å². The van der Waals surface area contributed by atoms with E-state index in [2.05, 4.69) is 5.32 Å². The summed E-state index contributed by atoms with van der Waals surface area (Å²) in [6.07, 6.45) is -1.55. The van der Waals surface area contributed by atoms with E-state index in [1.54, 1.807) is 4.90 Å². The molecule has 1 aliphatic rings. The van der Waals surface area contributed by atoms with Gasteiger partial charge in [-0.2, -0.15) is 0 Å². The number of ether oxygens (including phenoxy) is 1. The summed E-state index contributed by atoms with van der Waals surface area (Å²) in [6, 6.07) is 7.99. The Balaban J connectivity index is 1.99. The fourth-order valence-corrected chi connectivity index (χ4v) is 2.59. The molecule has 116 valence electrons. The second-order valence-electron chi connectivity index (χ2n) is 4.95. The first kappa shape index (κ1) is 15.9. The normalized spacial score (nSPS) is 17.9. The van der Waals surface area contributed by atoms with Crippen LogP contribution in [0.3, 0.4) is 0 Å². The van der Waals surface area contributed by atoms with Crippen molar-refractivity contribution in [2.75, 3.05) is 31.7 Å². The van der Waals surface area contributed by atoms with Crippen molar-refractivity contribution in [3.05, 3.63) is 29.8 Å². The molecule has 0 aliphatic carbocycles. The fourth-order valence-electron chi connectivity index (χ4n) is 2.59. The molecule has 1 aromatic rings.